The number of pyridine rings is 1. The minimum absolute atomic E-state index is 0.0104. The van der Waals surface area contributed by atoms with Gasteiger partial charge in [0, 0.05) is 53.2 Å². The Morgan fingerprint density at radius 3 is 2.49 bits per heavy atom. The van der Waals surface area contributed by atoms with Crippen molar-refractivity contribution in [3.8, 4) is 0 Å². The van der Waals surface area contributed by atoms with Crippen LogP contribution in [0.15, 0.2) is 110 Å². The van der Waals surface area contributed by atoms with Gasteiger partial charge in [-0.25, -0.2) is 4.79 Å². The first kappa shape index (κ1) is 28.7. The average molecular weight is 619 g/mol. The van der Waals surface area contributed by atoms with Crippen molar-refractivity contribution in [2.75, 3.05) is 34.9 Å². The van der Waals surface area contributed by atoms with Crippen LogP contribution in [0.4, 0.5) is 17.1 Å². The van der Waals surface area contributed by atoms with Gasteiger partial charge in [0.2, 0.25) is 0 Å². The Morgan fingerprint density at radius 1 is 0.822 bits per heavy atom. The summed E-state index contributed by atoms with van der Waals surface area (Å²) >= 11 is 1.53. The van der Waals surface area contributed by atoms with E-state index in [-0.39, 0.29) is 28.9 Å². The van der Waals surface area contributed by atoms with E-state index in [1.165, 1.54) is 17.8 Å². The molecule has 1 saturated heterocycles. The summed E-state index contributed by atoms with van der Waals surface area (Å²) < 4.78 is 7.29. The highest BCUT2D eigenvalue weighted by Crippen LogP contribution is 2.39. The molecule has 5 aromatic rings. The third kappa shape index (κ3) is 5.53. The Labute approximate surface area is 262 Å². The van der Waals surface area contributed by atoms with Crippen LogP contribution in [0.2, 0.25) is 0 Å². The number of carbonyl (C=O) groups is 2. The van der Waals surface area contributed by atoms with Crippen molar-refractivity contribution in [2.24, 2.45) is 5.92 Å². The normalized spacial score (nSPS) is 17.0. The predicted molar refractivity (Wildman–Crippen MR) is 177 cm³/mol. The number of para-hydroxylation sites is 2. The molecule has 2 amide bonds. The number of nitrogens with zero attached hydrogens (tertiary/aromatic N) is 2. The summed E-state index contributed by atoms with van der Waals surface area (Å²) in [5.74, 6) is -0.588. The lowest BCUT2D eigenvalue weighted by Crippen LogP contribution is -2.47. The van der Waals surface area contributed by atoms with Crippen molar-refractivity contribution in [3.05, 3.63) is 129 Å². The molecule has 7 rings (SSSR count). The smallest absolute Gasteiger partial charge is 0.349 e. The number of benzene rings is 3. The van der Waals surface area contributed by atoms with E-state index in [1.807, 2.05) is 47.2 Å². The highest BCUT2D eigenvalue weighted by molar-refractivity contribution is 7.98. The van der Waals surface area contributed by atoms with Crippen LogP contribution in [0.25, 0.3) is 11.0 Å². The predicted octanol–water partition coefficient (Wildman–Crippen LogP) is 5.80. The van der Waals surface area contributed by atoms with Gasteiger partial charge in [0.15, 0.2) is 0 Å². The van der Waals surface area contributed by atoms with Gasteiger partial charge >= 0.3 is 5.63 Å². The standard InChI is InChI=1S/C35H30N4O5S/c1-45-31-11-5-3-8-26(31)36-33(41)23-13-14-29(38-18-21-15-24(20-38)28-9-6-12-32(40)39(28)19-21)27(17-23)37-34(42)25-16-22-7-2-4-10-30(22)44-35(25)43/h2-14,16-17,21,24H,15,18-20H2,1H3,(H,36,41)(H,37,42)/t21-,24+/m1/s1. The number of amides is 2. The number of hydrogen-bond donors (Lipinski definition) is 2. The fraction of sp³-hybridized carbons (Fsp3) is 0.200. The number of thioether (sulfide) groups is 1. The van der Waals surface area contributed by atoms with E-state index in [4.69, 9.17) is 4.42 Å². The highest BCUT2D eigenvalue weighted by atomic mass is 32.2. The second-order valence-electron chi connectivity index (χ2n) is 11.4. The Balaban J connectivity index is 1.25. The lowest BCUT2D eigenvalue weighted by atomic mass is 9.83. The van der Waals surface area contributed by atoms with Gasteiger partial charge in [0.25, 0.3) is 17.4 Å². The van der Waals surface area contributed by atoms with E-state index in [0.29, 0.717) is 47.5 Å². The lowest BCUT2D eigenvalue weighted by molar-refractivity contribution is 0.101. The van der Waals surface area contributed by atoms with Crippen LogP contribution in [0.5, 0.6) is 0 Å². The lowest BCUT2D eigenvalue weighted by Gasteiger charge is -2.44. The molecule has 1 fully saturated rings. The molecule has 9 nitrogen and oxygen atoms in total. The number of aromatic nitrogens is 1. The third-order valence-electron chi connectivity index (χ3n) is 8.57. The maximum atomic E-state index is 13.6. The number of anilines is 3. The number of nitrogens with one attached hydrogen (secondary N) is 2. The van der Waals surface area contributed by atoms with E-state index in [9.17, 15) is 19.2 Å². The van der Waals surface area contributed by atoms with Gasteiger partial charge in [-0.05, 0) is 67.1 Å². The largest absolute Gasteiger partial charge is 0.422 e. The molecule has 0 saturated carbocycles. The summed E-state index contributed by atoms with van der Waals surface area (Å²) in [6.45, 7) is 1.93. The van der Waals surface area contributed by atoms with Crippen molar-refractivity contribution >= 4 is 51.6 Å². The van der Waals surface area contributed by atoms with Crippen LogP contribution in [-0.4, -0.2) is 35.7 Å². The van der Waals surface area contributed by atoms with Crippen molar-refractivity contribution in [1.29, 1.82) is 0 Å². The fourth-order valence-electron chi connectivity index (χ4n) is 6.50. The van der Waals surface area contributed by atoms with Gasteiger partial charge in [0.05, 0.1) is 17.1 Å². The van der Waals surface area contributed by atoms with Gasteiger partial charge in [-0.2, -0.15) is 0 Å². The molecule has 0 aliphatic carbocycles. The molecule has 2 bridgehead atoms. The summed E-state index contributed by atoms with van der Waals surface area (Å²) in [6, 6.07) is 26.7. The van der Waals surface area contributed by atoms with Gasteiger partial charge in [0.1, 0.15) is 11.1 Å². The molecule has 226 valence electrons. The summed E-state index contributed by atoms with van der Waals surface area (Å²) in [5.41, 5.74) is 2.71. The molecule has 3 aromatic carbocycles. The average Bonchev–Trinajstić information content (AvgIpc) is 3.05. The van der Waals surface area contributed by atoms with Crippen LogP contribution in [0, 0.1) is 5.92 Å². The maximum Gasteiger partial charge on any atom is 0.349 e. The summed E-state index contributed by atoms with van der Waals surface area (Å²) in [6.07, 6.45) is 2.91. The molecule has 10 heteroatoms. The molecule has 0 unspecified atom stereocenters. The van der Waals surface area contributed by atoms with E-state index < -0.39 is 11.5 Å². The van der Waals surface area contributed by atoms with E-state index in [2.05, 4.69) is 15.5 Å². The minimum atomic E-state index is -0.745. The molecule has 2 atom stereocenters. The molecule has 0 spiro atoms. The zero-order chi connectivity index (χ0) is 31.1. The van der Waals surface area contributed by atoms with E-state index in [0.717, 1.165) is 22.7 Å². The number of rotatable bonds is 6. The second-order valence-corrected chi connectivity index (χ2v) is 12.3. The second kappa shape index (κ2) is 11.8. The minimum Gasteiger partial charge on any atom is -0.422 e. The van der Waals surface area contributed by atoms with Crippen molar-refractivity contribution in [2.45, 2.75) is 23.8 Å². The van der Waals surface area contributed by atoms with Crippen molar-refractivity contribution in [3.63, 3.8) is 0 Å². The Kier molecular flexibility index (Phi) is 7.50. The Hall–Kier alpha value is -5.09. The molecule has 4 heterocycles. The first-order valence-corrected chi connectivity index (χ1v) is 16.0. The molecule has 45 heavy (non-hydrogen) atoms. The van der Waals surface area contributed by atoms with Crippen LogP contribution < -0.4 is 26.7 Å². The van der Waals surface area contributed by atoms with Crippen molar-refractivity contribution < 1.29 is 14.0 Å². The molecular weight excluding hydrogens is 588 g/mol. The zero-order valence-corrected chi connectivity index (χ0v) is 25.3. The molecule has 2 aliphatic rings. The number of hydrogen-bond acceptors (Lipinski definition) is 7. The van der Waals surface area contributed by atoms with E-state index in [1.54, 1.807) is 48.5 Å². The van der Waals surface area contributed by atoms with Crippen LogP contribution in [0.1, 0.15) is 38.7 Å². The number of piperidine rings is 1. The third-order valence-corrected chi connectivity index (χ3v) is 9.36. The first-order valence-electron chi connectivity index (χ1n) is 14.8. The van der Waals surface area contributed by atoms with Crippen LogP contribution in [-0.2, 0) is 6.54 Å². The number of carbonyl (C=O) groups excluding carboxylic acids is 2. The quantitative estimate of drug-likeness (QED) is 0.183. The van der Waals surface area contributed by atoms with Crippen LogP contribution >= 0.6 is 11.8 Å². The molecule has 0 radical (unpaired) electrons. The first-order chi connectivity index (χ1) is 21.9. The SMILES string of the molecule is CSc1ccccc1NC(=O)c1ccc(N2C[C@H]3C[C@@H](C2)c2cccc(=O)n2C3)c(NC(=O)c2cc3ccccc3oc2=O)c1. The van der Waals surface area contributed by atoms with Gasteiger partial charge < -0.3 is 24.5 Å². The highest BCUT2D eigenvalue weighted by Gasteiger charge is 2.35. The summed E-state index contributed by atoms with van der Waals surface area (Å²) in [7, 11) is 0. The molecular formula is C35H30N4O5S. The zero-order valence-electron chi connectivity index (χ0n) is 24.5. The Bertz CT molecular complexity index is 2090. The molecule has 2 N–H and O–H groups in total. The summed E-state index contributed by atoms with van der Waals surface area (Å²) in [5, 5.41) is 6.53. The molecule has 2 aliphatic heterocycles. The van der Waals surface area contributed by atoms with E-state index >= 15 is 0 Å². The van der Waals surface area contributed by atoms with Gasteiger partial charge in [-0.3, -0.25) is 14.4 Å². The van der Waals surface area contributed by atoms with Gasteiger partial charge in [-0.1, -0.05) is 36.4 Å². The topological polar surface area (TPSA) is 114 Å². The Morgan fingerprint density at radius 2 is 1.62 bits per heavy atom. The van der Waals surface area contributed by atoms with Crippen LogP contribution in [0.3, 0.4) is 0 Å². The van der Waals surface area contributed by atoms with Crippen molar-refractivity contribution in [1.82, 2.24) is 4.57 Å². The van der Waals surface area contributed by atoms with Gasteiger partial charge in [-0.15, -0.1) is 11.8 Å². The molecule has 2 aromatic heterocycles. The number of fused-ring (bicyclic) bond motifs is 5. The monoisotopic (exact) mass is 618 g/mol. The maximum absolute atomic E-state index is 13.6. The fourth-order valence-corrected chi connectivity index (χ4v) is 7.05. The summed E-state index contributed by atoms with van der Waals surface area (Å²) in [4.78, 5) is 55.6.